The van der Waals surface area contributed by atoms with E-state index >= 15 is 0 Å². The van der Waals surface area contributed by atoms with E-state index in [0.717, 1.165) is 32.1 Å². The van der Waals surface area contributed by atoms with Crippen molar-refractivity contribution in [3.63, 3.8) is 0 Å². The van der Waals surface area contributed by atoms with Gasteiger partial charge in [0.25, 0.3) is 0 Å². The van der Waals surface area contributed by atoms with E-state index in [4.69, 9.17) is 4.74 Å². The summed E-state index contributed by atoms with van der Waals surface area (Å²) >= 11 is 0. The van der Waals surface area contributed by atoms with Gasteiger partial charge in [0.15, 0.2) is 0 Å². The molecule has 2 N–H and O–H groups in total. The first-order valence-corrected chi connectivity index (χ1v) is 13.3. The molecule has 0 spiro atoms. The molecule has 4 rings (SSSR count). The maximum Gasteiger partial charge on any atom is 0.308 e. The van der Waals surface area contributed by atoms with Crippen LogP contribution in [0.15, 0.2) is 11.6 Å². The van der Waals surface area contributed by atoms with Gasteiger partial charge in [0, 0.05) is 0 Å². The Labute approximate surface area is 195 Å². The monoisotopic (exact) mass is 446 g/mol. The largest absolute Gasteiger partial charge is 0.469 e. The average Bonchev–Trinajstić information content (AvgIpc) is 3.11. The highest BCUT2D eigenvalue weighted by molar-refractivity contribution is 5.71. The van der Waals surface area contributed by atoms with E-state index in [1.165, 1.54) is 44.8 Å². The lowest BCUT2D eigenvalue weighted by atomic mass is 9.46. The number of aliphatic hydroxyl groups is 2. The van der Waals surface area contributed by atoms with E-state index in [1.54, 1.807) is 0 Å². The van der Waals surface area contributed by atoms with Crippen LogP contribution in [-0.4, -0.2) is 35.5 Å². The third-order valence-corrected chi connectivity index (χ3v) is 10.8. The van der Waals surface area contributed by atoms with Crippen molar-refractivity contribution in [1.82, 2.24) is 0 Å². The quantitative estimate of drug-likeness (QED) is 0.417. The highest BCUT2D eigenvalue weighted by Crippen LogP contribution is 2.67. The van der Waals surface area contributed by atoms with E-state index in [-0.39, 0.29) is 29.5 Å². The van der Waals surface area contributed by atoms with Gasteiger partial charge in [-0.3, -0.25) is 4.79 Å². The minimum Gasteiger partial charge on any atom is -0.469 e. The van der Waals surface area contributed by atoms with Crippen LogP contribution in [0.4, 0.5) is 0 Å². The van der Waals surface area contributed by atoms with Gasteiger partial charge in [-0.25, -0.2) is 0 Å². The Balaban J connectivity index is 1.46. The molecular weight excluding hydrogens is 400 g/mol. The zero-order chi connectivity index (χ0) is 23.3. The molecule has 3 fully saturated rings. The number of rotatable bonds is 6. The Morgan fingerprint density at radius 3 is 2.56 bits per heavy atom. The van der Waals surface area contributed by atoms with Crippen molar-refractivity contribution in [2.75, 3.05) is 7.11 Å². The summed E-state index contributed by atoms with van der Waals surface area (Å²) in [7, 11) is 1.48. The molecule has 4 heteroatoms. The van der Waals surface area contributed by atoms with Crippen LogP contribution in [-0.2, 0) is 9.53 Å². The number of aliphatic hydroxyl groups excluding tert-OH is 2. The van der Waals surface area contributed by atoms with Crippen molar-refractivity contribution in [3.05, 3.63) is 11.6 Å². The van der Waals surface area contributed by atoms with E-state index in [2.05, 4.69) is 26.8 Å². The number of methoxy groups -OCH3 is 1. The van der Waals surface area contributed by atoms with Gasteiger partial charge >= 0.3 is 5.97 Å². The molecule has 0 aromatic heterocycles. The predicted octanol–water partition coefficient (Wildman–Crippen LogP) is 5.51. The van der Waals surface area contributed by atoms with Gasteiger partial charge in [0.1, 0.15) is 0 Å². The molecule has 0 aromatic rings. The molecule has 9 unspecified atom stereocenters. The van der Waals surface area contributed by atoms with Gasteiger partial charge in [-0.1, -0.05) is 52.2 Å². The highest BCUT2D eigenvalue weighted by atomic mass is 16.5. The van der Waals surface area contributed by atoms with Gasteiger partial charge in [-0.15, -0.1) is 0 Å². The molecule has 0 saturated heterocycles. The minimum absolute atomic E-state index is 0.0114. The smallest absolute Gasteiger partial charge is 0.308 e. The SMILES string of the molecule is COC(=O)C(C)CCCC(C)C1CCC2C3C(O)C=C4C[C@@H](O)CCC4(C)C3CCC12C. The first kappa shape index (κ1) is 24.3. The van der Waals surface area contributed by atoms with Crippen LogP contribution in [0, 0.1) is 46.3 Å². The molecule has 0 radical (unpaired) electrons. The van der Waals surface area contributed by atoms with Crippen molar-refractivity contribution in [3.8, 4) is 0 Å². The summed E-state index contributed by atoms with van der Waals surface area (Å²) in [6, 6.07) is 0. The lowest BCUT2D eigenvalue weighted by Crippen LogP contribution is -2.54. The zero-order valence-electron chi connectivity index (χ0n) is 21.0. The first-order chi connectivity index (χ1) is 15.1. The van der Waals surface area contributed by atoms with E-state index in [0.29, 0.717) is 35.0 Å². The molecule has 0 heterocycles. The lowest BCUT2D eigenvalue weighted by Gasteiger charge is -2.59. The van der Waals surface area contributed by atoms with Crippen LogP contribution in [0.25, 0.3) is 0 Å². The molecule has 0 aliphatic heterocycles. The molecule has 4 nitrogen and oxygen atoms in total. The summed E-state index contributed by atoms with van der Waals surface area (Å²) in [6.45, 7) is 9.35. The van der Waals surface area contributed by atoms with Crippen LogP contribution in [0.1, 0.15) is 91.9 Å². The summed E-state index contributed by atoms with van der Waals surface area (Å²) in [5.74, 6) is 2.78. The van der Waals surface area contributed by atoms with Crippen LogP contribution in [0.5, 0.6) is 0 Å². The second-order valence-corrected chi connectivity index (χ2v) is 12.3. The number of ether oxygens (including phenoxy) is 1. The Morgan fingerprint density at radius 2 is 1.84 bits per heavy atom. The van der Waals surface area contributed by atoms with Gasteiger partial charge < -0.3 is 14.9 Å². The fraction of sp³-hybridized carbons (Fsp3) is 0.893. The second-order valence-electron chi connectivity index (χ2n) is 12.3. The highest BCUT2D eigenvalue weighted by Gasteiger charge is 2.61. The molecule has 32 heavy (non-hydrogen) atoms. The molecular formula is C28H46O4. The molecule has 182 valence electrons. The molecule has 3 saturated carbocycles. The summed E-state index contributed by atoms with van der Waals surface area (Å²) in [4.78, 5) is 11.7. The second kappa shape index (κ2) is 9.06. The number of fused-ring (bicyclic) bond motifs is 5. The van der Waals surface area contributed by atoms with Gasteiger partial charge in [0.05, 0.1) is 25.2 Å². The molecule has 4 aliphatic rings. The van der Waals surface area contributed by atoms with Crippen LogP contribution < -0.4 is 0 Å². The summed E-state index contributed by atoms with van der Waals surface area (Å²) in [6.07, 6.45) is 12.4. The van der Waals surface area contributed by atoms with Crippen molar-refractivity contribution < 1.29 is 19.7 Å². The number of hydrogen-bond donors (Lipinski definition) is 2. The number of hydrogen-bond acceptors (Lipinski definition) is 4. The van der Waals surface area contributed by atoms with Gasteiger partial charge in [0.2, 0.25) is 0 Å². The Bertz CT molecular complexity index is 731. The Kier molecular flexibility index (Phi) is 6.87. The minimum atomic E-state index is -0.354. The normalized spacial score (nSPS) is 45.2. The van der Waals surface area contributed by atoms with Crippen molar-refractivity contribution >= 4 is 5.97 Å². The molecule has 4 aliphatic carbocycles. The Hall–Kier alpha value is -0.870. The van der Waals surface area contributed by atoms with Crippen LogP contribution in [0.2, 0.25) is 0 Å². The fourth-order valence-corrected chi connectivity index (χ4v) is 8.87. The fourth-order valence-electron chi connectivity index (χ4n) is 8.87. The number of carbonyl (C=O) groups is 1. The first-order valence-electron chi connectivity index (χ1n) is 13.3. The van der Waals surface area contributed by atoms with Crippen molar-refractivity contribution in [1.29, 1.82) is 0 Å². The maximum absolute atomic E-state index is 11.7. The van der Waals surface area contributed by atoms with E-state index < -0.39 is 0 Å². The topological polar surface area (TPSA) is 66.8 Å². The van der Waals surface area contributed by atoms with Crippen molar-refractivity contribution in [2.45, 2.75) is 104 Å². The molecule has 0 bridgehead atoms. The standard InChI is InChI=1S/C28H46O4/c1-17(7-6-8-18(2)26(31)32-5)21-9-10-22-25-23(12-14-28(21,22)4)27(3)13-11-20(29)15-19(27)16-24(25)30/h16-18,20-25,29-30H,6-15H2,1-5H3/t17?,18?,20-,21?,22?,23?,24?,25?,27?,28?/m0/s1. The maximum atomic E-state index is 11.7. The zero-order valence-corrected chi connectivity index (χ0v) is 21.0. The lowest BCUT2D eigenvalue weighted by molar-refractivity contribution is -0.145. The summed E-state index contributed by atoms with van der Waals surface area (Å²) in [5, 5.41) is 21.5. The summed E-state index contributed by atoms with van der Waals surface area (Å²) < 4.78 is 4.89. The van der Waals surface area contributed by atoms with Gasteiger partial charge in [-0.2, -0.15) is 0 Å². The Morgan fingerprint density at radius 1 is 1.09 bits per heavy atom. The van der Waals surface area contributed by atoms with Crippen LogP contribution >= 0.6 is 0 Å². The van der Waals surface area contributed by atoms with E-state index in [9.17, 15) is 15.0 Å². The van der Waals surface area contributed by atoms with E-state index in [1.807, 2.05) is 6.92 Å². The molecule has 0 aromatic carbocycles. The van der Waals surface area contributed by atoms with Gasteiger partial charge in [-0.05, 0) is 91.8 Å². The molecule has 10 atom stereocenters. The molecule has 0 amide bonds. The average molecular weight is 447 g/mol. The third kappa shape index (κ3) is 3.98. The third-order valence-electron chi connectivity index (χ3n) is 10.8. The summed E-state index contributed by atoms with van der Waals surface area (Å²) in [5.41, 5.74) is 1.81. The predicted molar refractivity (Wildman–Crippen MR) is 127 cm³/mol. The number of esters is 1. The number of carbonyl (C=O) groups excluding carboxylic acids is 1. The van der Waals surface area contributed by atoms with Crippen LogP contribution in [0.3, 0.4) is 0 Å². The van der Waals surface area contributed by atoms with Crippen molar-refractivity contribution in [2.24, 2.45) is 46.3 Å².